The Morgan fingerprint density at radius 3 is 2.72 bits per heavy atom. The number of aromatic nitrogens is 1. The fraction of sp³-hybridized carbons (Fsp3) is 0.353. The highest BCUT2D eigenvalue weighted by Gasteiger charge is 2.36. The van der Waals surface area contributed by atoms with E-state index in [2.05, 4.69) is 10.0 Å². The number of fused-ring (bicyclic) bond motifs is 1. The summed E-state index contributed by atoms with van der Waals surface area (Å²) in [6.45, 7) is 1.15. The number of ether oxygens (including phenoxy) is 1. The van der Waals surface area contributed by atoms with Gasteiger partial charge in [0, 0.05) is 18.9 Å². The number of hydrogen-bond acceptors (Lipinski definition) is 5. The van der Waals surface area contributed by atoms with Crippen LogP contribution in [0.25, 0.3) is 0 Å². The Morgan fingerprint density at radius 1 is 1.41 bits per heavy atom. The predicted octanol–water partition coefficient (Wildman–Crippen LogP) is 1.77. The molecule has 0 bridgehead atoms. The summed E-state index contributed by atoms with van der Waals surface area (Å²) in [5.41, 5.74) is -1.16. The zero-order chi connectivity index (χ0) is 21.5. The average Bonchev–Trinajstić information content (AvgIpc) is 2.90. The average molecular weight is 433 g/mol. The Morgan fingerprint density at radius 2 is 2.10 bits per heavy atom. The van der Waals surface area contributed by atoms with Gasteiger partial charge in [0.25, 0.3) is 12.3 Å². The first-order valence-corrected chi connectivity index (χ1v) is 9.91. The van der Waals surface area contributed by atoms with Crippen LogP contribution < -0.4 is 14.8 Å². The summed E-state index contributed by atoms with van der Waals surface area (Å²) in [5, 5.41) is 12.0. The van der Waals surface area contributed by atoms with Gasteiger partial charge in [0.15, 0.2) is 11.4 Å². The lowest BCUT2D eigenvalue weighted by molar-refractivity contribution is 0.100. The van der Waals surface area contributed by atoms with E-state index >= 15 is 0 Å². The third-order valence-electron chi connectivity index (χ3n) is 4.39. The Hall–Kier alpha value is -2.57. The van der Waals surface area contributed by atoms with Crippen LogP contribution in [0.1, 0.15) is 29.4 Å². The van der Waals surface area contributed by atoms with Crippen molar-refractivity contribution >= 4 is 21.6 Å². The molecule has 1 aliphatic heterocycles. The fourth-order valence-corrected chi connectivity index (χ4v) is 4.34. The summed E-state index contributed by atoms with van der Waals surface area (Å²) in [4.78, 5) is 12.4. The van der Waals surface area contributed by atoms with Crippen molar-refractivity contribution in [2.45, 2.75) is 30.4 Å². The second-order valence-electron chi connectivity index (χ2n) is 6.55. The van der Waals surface area contributed by atoms with Gasteiger partial charge in [-0.15, -0.1) is 0 Å². The molecule has 29 heavy (non-hydrogen) atoms. The quantitative estimate of drug-likeness (QED) is 0.681. The maximum Gasteiger partial charge on any atom is 0.276 e. The van der Waals surface area contributed by atoms with Gasteiger partial charge < -0.3 is 19.7 Å². The summed E-state index contributed by atoms with van der Waals surface area (Å²) in [5.74, 6) is -2.20. The van der Waals surface area contributed by atoms with Crippen molar-refractivity contribution in [2.24, 2.45) is 7.05 Å². The minimum absolute atomic E-state index is 0.0990. The fourth-order valence-electron chi connectivity index (χ4n) is 2.86. The molecule has 1 aromatic carbocycles. The molecule has 1 amide bonds. The van der Waals surface area contributed by atoms with Gasteiger partial charge in [-0.2, -0.15) is 0 Å². The summed E-state index contributed by atoms with van der Waals surface area (Å²) in [6.07, 6.45) is -2.96. The van der Waals surface area contributed by atoms with Crippen molar-refractivity contribution < 1.29 is 36.2 Å². The van der Waals surface area contributed by atoms with E-state index in [1.807, 2.05) is 0 Å². The zero-order valence-electron chi connectivity index (χ0n) is 15.3. The number of nitrogens with one attached hydrogen (secondary N) is 2. The largest absolute Gasteiger partial charge is 0.488 e. The number of aliphatic hydroxyl groups is 1. The van der Waals surface area contributed by atoms with Crippen LogP contribution in [0.5, 0.6) is 5.75 Å². The molecule has 0 saturated heterocycles. The highest BCUT2D eigenvalue weighted by atomic mass is 32.2. The highest BCUT2D eigenvalue weighted by molar-refractivity contribution is 7.89. The SMILES string of the molecule is CC(O)[C@H]1COc2c(cn(C)c2C(=O)Nc2ccc(F)c(C(F)F)c2)S(=O)(=O)N1. The van der Waals surface area contributed by atoms with Crippen LogP contribution in [-0.2, 0) is 17.1 Å². The van der Waals surface area contributed by atoms with E-state index < -0.39 is 45.9 Å². The Kier molecular flexibility index (Phi) is 5.61. The molecule has 1 aliphatic rings. The van der Waals surface area contributed by atoms with Gasteiger partial charge >= 0.3 is 0 Å². The first kappa shape index (κ1) is 21.1. The van der Waals surface area contributed by atoms with E-state index in [9.17, 15) is 31.5 Å². The van der Waals surface area contributed by atoms with Crippen molar-refractivity contribution in [1.29, 1.82) is 0 Å². The lowest BCUT2D eigenvalue weighted by Crippen LogP contribution is -2.44. The topological polar surface area (TPSA) is 110 Å². The van der Waals surface area contributed by atoms with E-state index in [0.717, 1.165) is 24.4 Å². The van der Waals surface area contributed by atoms with E-state index in [0.29, 0.717) is 0 Å². The standard InChI is InChI=1S/C17H18F3N3O5S/c1-8(24)12-7-28-15-13(29(26,27)22-12)6-23(2)14(15)17(25)21-9-3-4-11(18)10(5-9)16(19)20/h3-6,8,12,16,22,24H,7H2,1-2H3,(H,21,25)/t8?,12-/m1/s1. The Balaban J connectivity index is 1.96. The van der Waals surface area contributed by atoms with E-state index in [4.69, 9.17) is 4.74 Å². The van der Waals surface area contributed by atoms with E-state index in [1.165, 1.54) is 18.5 Å². The molecular weight excluding hydrogens is 415 g/mol. The number of aliphatic hydroxyl groups excluding tert-OH is 1. The third-order valence-corrected chi connectivity index (χ3v) is 5.87. The zero-order valence-corrected chi connectivity index (χ0v) is 16.1. The van der Waals surface area contributed by atoms with Crippen molar-refractivity contribution in [3.63, 3.8) is 0 Å². The minimum Gasteiger partial charge on any atom is -0.488 e. The van der Waals surface area contributed by atoms with Crippen LogP contribution in [0.4, 0.5) is 18.9 Å². The van der Waals surface area contributed by atoms with Crippen molar-refractivity contribution in [2.75, 3.05) is 11.9 Å². The number of amides is 1. The molecule has 0 spiro atoms. The number of nitrogens with zero attached hydrogens (tertiary/aromatic N) is 1. The number of halogens is 3. The van der Waals surface area contributed by atoms with Gasteiger partial charge in [0.2, 0.25) is 10.0 Å². The van der Waals surface area contributed by atoms with Gasteiger partial charge in [0.05, 0.1) is 17.7 Å². The minimum atomic E-state index is -4.09. The van der Waals surface area contributed by atoms with Crippen LogP contribution in [0.3, 0.4) is 0 Å². The number of aryl methyl sites for hydroxylation is 1. The number of benzene rings is 1. The molecule has 12 heteroatoms. The predicted molar refractivity (Wildman–Crippen MR) is 96.0 cm³/mol. The molecule has 2 atom stereocenters. The maximum atomic E-state index is 13.4. The summed E-state index contributed by atoms with van der Waals surface area (Å²) < 4.78 is 73.2. The Bertz CT molecular complexity index is 1050. The number of carbonyl (C=O) groups is 1. The molecule has 1 unspecified atom stereocenters. The third kappa shape index (κ3) is 4.09. The number of anilines is 1. The molecule has 8 nitrogen and oxygen atoms in total. The van der Waals surface area contributed by atoms with Crippen LogP contribution in [0.15, 0.2) is 29.3 Å². The molecule has 2 heterocycles. The van der Waals surface area contributed by atoms with Crippen LogP contribution in [0.2, 0.25) is 0 Å². The number of hydrogen-bond donors (Lipinski definition) is 3. The van der Waals surface area contributed by atoms with Gasteiger partial charge in [-0.25, -0.2) is 26.3 Å². The van der Waals surface area contributed by atoms with Crippen molar-refractivity contribution in [3.05, 3.63) is 41.5 Å². The monoisotopic (exact) mass is 433 g/mol. The first-order chi connectivity index (χ1) is 13.5. The smallest absolute Gasteiger partial charge is 0.276 e. The molecule has 0 saturated carbocycles. The second-order valence-corrected chi connectivity index (χ2v) is 8.23. The van der Waals surface area contributed by atoms with E-state index in [1.54, 1.807) is 0 Å². The lowest BCUT2D eigenvalue weighted by Gasteiger charge is -2.18. The van der Waals surface area contributed by atoms with Crippen LogP contribution in [-0.4, -0.2) is 42.8 Å². The van der Waals surface area contributed by atoms with Gasteiger partial charge in [0.1, 0.15) is 17.3 Å². The molecule has 2 aromatic rings. The molecule has 3 rings (SSSR count). The van der Waals surface area contributed by atoms with Gasteiger partial charge in [-0.05, 0) is 25.1 Å². The maximum absolute atomic E-state index is 13.4. The molecule has 158 valence electrons. The highest BCUT2D eigenvalue weighted by Crippen LogP contribution is 2.33. The van der Waals surface area contributed by atoms with Gasteiger partial charge in [-0.1, -0.05) is 0 Å². The molecule has 3 N–H and O–H groups in total. The Labute approximate surface area is 164 Å². The molecule has 1 aromatic heterocycles. The molecule has 0 radical (unpaired) electrons. The molecule has 0 fully saturated rings. The van der Waals surface area contributed by atoms with Crippen LogP contribution >= 0.6 is 0 Å². The summed E-state index contributed by atoms with van der Waals surface area (Å²) in [6, 6.07) is 1.76. The van der Waals surface area contributed by atoms with Crippen LogP contribution in [0, 0.1) is 5.82 Å². The number of carbonyl (C=O) groups excluding carboxylic acids is 1. The second kappa shape index (κ2) is 7.69. The van der Waals surface area contributed by atoms with Crippen molar-refractivity contribution in [1.82, 2.24) is 9.29 Å². The normalized spacial score (nSPS) is 19.2. The number of rotatable bonds is 4. The number of alkyl halides is 2. The lowest BCUT2D eigenvalue weighted by atomic mass is 10.2. The summed E-state index contributed by atoms with van der Waals surface area (Å²) >= 11 is 0. The van der Waals surface area contributed by atoms with Crippen molar-refractivity contribution in [3.8, 4) is 5.75 Å². The molecule has 0 aliphatic carbocycles. The summed E-state index contributed by atoms with van der Waals surface area (Å²) in [7, 11) is -2.68. The number of sulfonamides is 1. The molecular formula is C17H18F3N3O5S. The van der Waals surface area contributed by atoms with Gasteiger partial charge in [-0.3, -0.25) is 4.79 Å². The first-order valence-electron chi connectivity index (χ1n) is 8.42. The van der Waals surface area contributed by atoms with E-state index in [-0.39, 0.29) is 28.6 Å².